The Hall–Kier alpha value is -4.76. The SMILES string of the molecule is C=CC(=O)NCCCOCC(COCCCNC(=O)C=C)(COCCCNC(=O)C=C)NC(=O)CCN(C/C(=C/C=C\C)N=C)Cc1ccccn1. The van der Waals surface area contributed by atoms with Gasteiger partial charge in [0.1, 0.15) is 5.54 Å². The van der Waals surface area contributed by atoms with Gasteiger partial charge in [-0.2, -0.15) is 0 Å². The fraction of sp³-hybridized carbons (Fsp3) is 0.474. The number of ether oxygens (including phenoxy) is 3. The predicted molar refractivity (Wildman–Crippen MR) is 203 cm³/mol. The molecule has 0 unspecified atom stereocenters. The van der Waals surface area contributed by atoms with Gasteiger partial charge < -0.3 is 35.5 Å². The van der Waals surface area contributed by atoms with Gasteiger partial charge in [-0.05, 0) is 69.3 Å². The quantitative estimate of drug-likeness (QED) is 0.0389. The lowest BCUT2D eigenvalue weighted by Gasteiger charge is -2.34. The number of carbonyl (C=O) groups is 4. The maximum Gasteiger partial charge on any atom is 0.243 e. The Balaban J connectivity index is 3.13. The summed E-state index contributed by atoms with van der Waals surface area (Å²) >= 11 is 0. The molecule has 0 saturated heterocycles. The van der Waals surface area contributed by atoms with E-state index in [1.807, 2.05) is 43.4 Å². The van der Waals surface area contributed by atoms with Crippen molar-refractivity contribution < 1.29 is 33.4 Å². The standard InChI is InChI=1S/C38H57N7O7/c1-6-10-16-32(39-5)27-45(28-33-17-11-12-19-40-33)23-18-37(49)44-38(29-50-24-13-20-41-34(46)7-2,30-51-25-14-21-42-35(47)8-3)31-52-26-15-22-43-36(48)9-4/h6-12,16-17,19H,2-5,13-15,18,20-31H2,1H3,(H,41,46)(H,42,47)(H,43,48)(H,44,49)/b10-6-,32-16-. The minimum atomic E-state index is -1.08. The van der Waals surface area contributed by atoms with Crippen LogP contribution in [-0.2, 0) is 39.9 Å². The Morgan fingerprint density at radius 1 is 0.846 bits per heavy atom. The second-order valence-corrected chi connectivity index (χ2v) is 11.7. The van der Waals surface area contributed by atoms with Gasteiger partial charge in [0.05, 0.1) is 31.2 Å². The van der Waals surface area contributed by atoms with Crippen LogP contribution in [0.3, 0.4) is 0 Å². The Bertz CT molecular complexity index is 1240. The summed E-state index contributed by atoms with van der Waals surface area (Å²) in [7, 11) is 0. The average Bonchev–Trinajstić information content (AvgIpc) is 3.16. The first-order valence-corrected chi connectivity index (χ1v) is 17.4. The van der Waals surface area contributed by atoms with E-state index >= 15 is 0 Å². The first kappa shape index (κ1) is 45.3. The van der Waals surface area contributed by atoms with E-state index in [1.54, 1.807) is 6.20 Å². The molecule has 52 heavy (non-hydrogen) atoms. The van der Waals surface area contributed by atoms with Crippen LogP contribution in [0, 0.1) is 0 Å². The number of aromatic nitrogens is 1. The fourth-order valence-electron chi connectivity index (χ4n) is 4.55. The Kier molecular flexibility index (Phi) is 25.1. The highest BCUT2D eigenvalue weighted by molar-refractivity contribution is 5.87. The largest absolute Gasteiger partial charge is 0.379 e. The number of nitrogens with one attached hydrogen (secondary N) is 4. The molecule has 0 radical (unpaired) electrons. The molecule has 1 aromatic heterocycles. The molecular formula is C38H57N7O7. The monoisotopic (exact) mass is 723 g/mol. The second-order valence-electron chi connectivity index (χ2n) is 11.7. The minimum absolute atomic E-state index is 0.0584. The molecule has 1 rings (SSSR count). The highest BCUT2D eigenvalue weighted by Gasteiger charge is 2.34. The molecule has 0 aliphatic heterocycles. The molecule has 0 bridgehead atoms. The number of hydrogen-bond acceptors (Lipinski definition) is 10. The number of carbonyl (C=O) groups excluding carboxylic acids is 4. The van der Waals surface area contributed by atoms with E-state index < -0.39 is 5.54 Å². The third kappa shape index (κ3) is 22.1. The van der Waals surface area contributed by atoms with Crippen molar-refractivity contribution in [3.8, 4) is 0 Å². The van der Waals surface area contributed by atoms with Crippen LogP contribution in [0.2, 0.25) is 0 Å². The number of pyridine rings is 1. The maximum absolute atomic E-state index is 13.7. The van der Waals surface area contributed by atoms with Crippen LogP contribution in [-0.4, -0.2) is 118 Å². The van der Waals surface area contributed by atoms with Gasteiger partial charge in [0.15, 0.2) is 0 Å². The lowest BCUT2D eigenvalue weighted by Crippen LogP contribution is -2.59. The van der Waals surface area contributed by atoms with Crippen molar-refractivity contribution in [1.29, 1.82) is 0 Å². The highest BCUT2D eigenvalue weighted by atomic mass is 16.5. The van der Waals surface area contributed by atoms with E-state index in [4.69, 9.17) is 14.2 Å². The Morgan fingerprint density at radius 3 is 1.79 bits per heavy atom. The summed E-state index contributed by atoms with van der Waals surface area (Å²) in [5, 5.41) is 11.3. The summed E-state index contributed by atoms with van der Waals surface area (Å²) in [5.74, 6) is -1.07. The smallest absolute Gasteiger partial charge is 0.243 e. The zero-order valence-electron chi connectivity index (χ0n) is 30.6. The van der Waals surface area contributed by atoms with Crippen molar-refractivity contribution in [2.24, 2.45) is 4.99 Å². The molecule has 0 spiro atoms. The van der Waals surface area contributed by atoms with Gasteiger partial charge in [-0.15, -0.1) is 0 Å². The number of hydrogen-bond donors (Lipinski definition) is 4. The van der Waals surface area contributed by atoms with Crippen molar-refractivity contribution in [1.82, 2.24) is 31.2 Å². The molecule has 1 heterocycles. The molecule has 4 N–H and O–H groups in total. The van der Waals surface area contributed by atoms with Crippen molar-refractivity contribution in [3.05, 3.63) is 92.0 Å². The van der Waals surface area contributed by atoms with Gasteiger partial charge in [-0.25, -0.2) is 0 Å². The van der Waals surface area contributed by atoms with Gasteiger partial charge in [-0.1, -0.05) is 38.0 Å². The number of allylic oxidation sites excluding steroid dienone is 3. The van der Waals surface area contributed by atoms with Crippen molar-refractivity contribution >= 4 is 30.3 Å². The van der Waals surface area contributed by atoms with Crippen LogP contribution in [0.25, 0.3) is 0 Å². The van der Waals surface area contributed by atoms with Gasteiger partial charge in [0, 0.05) is 71.7 Å². The molecule has 14 heteroatoms. The highest BCUT2D eigenvalue weighted by Crippen LogP contribution is 2.13. The van der Waals surface area contributed by atoms with E-state index in [0.717, 1.165) is 11.4 Å². The average molecular weight is 724 g/mol. The molecule has 0 atom stereocenters. The number of aliphatic imine (C=N–C) groups is 1. The summed E-state index contributed by atoms with van der Waals surface area (Å²) in [6.07, 6.45) is 12.7. The fourth-order valence-corrected chi connectivity index (χ4v) is 4.55. The van der Waals surface area contributed by atoms with Gasteiger partial charge in [-0.3, -0.25) is 34.1 Å². The summed E-state index contributed by atoms with van der Waals surface area (Å²) < 4.78 is 18.1. The van der Waals surface area contributed by atoms with Crippen LogP contribution in [0.4, 0.5) is 0 Å². The maximum atomic E-state index is 13.7. The van der Waals surface area contributed by atoms with E-state index in [1.165, 1.54) is 18.2 Å². The van der Waals surface area contributed by atoms with E-state index in [-0.39, 0.29) is 49.9 Å². The molecule has 0 aliphatic carbocycles. The number of rotatable bonds is 31. The van der Waals surface area contributed by atoms with Gasteiger partial charge in [0.2, 0.25) is 23.6 Å². The van der Waals surface area contributed by atoms with E-state index in [2.05, 4.69) is 62.6 Å². The number of amides is 4. The third-order valence-electron chi connectivity index (χ3n) is 7.23. The van der Waals surface area contributed by atoms with Crippen molar-refractivity contribution in [3.63, 3.8) is 0 Å². The van der Waals surface area contributed by atoms with E-state index in [9.17, 15) is 19.2 Å². The molecule has 4 amide bonds. The van der Waals surface area contributed by atoms with Crippen LogP contribution < -0.4 is 21.3 Å². The topological polar surface area (TPSA) is 173 Å². The Labute approximate surface area is 308 Å². The lowest BCUT2D eigenvalue weighted by molar-refractivity contribution is -0.128. The first-order chi connectivity index (χ1) is 25.2. The van der Waals surface area contributed by atoms with E-state index in [0.29, 0.717) is 78.4 Å². The van der Waals surface area contributed by atoms with Gasteiger partial charge >= 0.3 is 0 Å². The lowest BCUT2D eigenvalue weighted by atomic mass is 10.0. The van der Waals surface area contributed by atoms with Crippen molar-refractivity contribution in [2.45, 2.75) is 44.7 Å². The van der Waals surface area contributed by atoms with Gasteiger partial charge in [0.25, 0.3) is 0 Å². The molecule has 1 aromatic rings. The predicted octanol–water partition coefficient (Wildman–Crippen LogP) is 2.42. The summed E-state index contributed by atoms with van der Waals surface area (Å²) in [6.45, 7) is 19.5. The van der Waals surface area contributed by atoms with Crippen molar-refractivity contribution in [2.75, 3.05) is 72.4 Å². The number of nitrogens with zero attached hydrogens (tertiary/aromatic N) is 3. The Morgan fingerprint density at radius 2 is 1.37 bits per heavy atom. The van der Waals surface area contributed by atoms with Crippen LogP contribution in [0.5, 0.6) is 0 Å². The molecular weight excluding hydrogens is 666 g/mol. The zero-order chi connectivity index (χ0) is 38.3. The molecule has 0 aromatic carbocycles. The first-order valence-electron chi connectivity index (χ1n) is 17.4. The summed E-state index contributed by atoms with van der Waals surface area (Å²) in [5.41, 5.74) is 0.512. The summed E-state index contributed by atoms with van der Waals surface area (Å²) in [4.78, 5) is 59.0. The molecule has 286 valence electrons. The normalized spacial score (nSPS) is 11.5. The third-order valence-corrected chi connectivity index (χ3v) is 7.23. The van der Waals surface area contributed by atoms with Crippen LogP contribution in [0.1, 0.15) is 38.3 Å². The van der Waals surface area contributed by atoms with Crippen LogP contribution >= 0.6 is 0 Å². The zero-order valence-corrected chi connectivity index (χ0v) is 30.6. The minimum Gasteiger partial charge on any atom is -0.379 e. The summed E-state index contributed by atoms with van der Waals surface area (Å²) in [6, 6.07) is 5.69. The molecule has 0 saturated carbocycles. The molecule has 0 fully saturated rings. The molecule has 14 nitrogen and oxygen atoms in total. The van der Waals surface area contributed by atoms with Crippen LogP contribution in [0.15, 0.2) is 91.3 Å². The molecule has 0 aliphatic rings. The second kappa shape index (κ2) is 28.9.